The van der Waals surface area contributed by atoms with Gasteiger partial charge in [0.25, 0.3) is 10.2 Å². The summed E-state index contributed by atoms with van der Waals surface area (Å²) in [6.45, 7) is 0.509. The van der Waals surface area contributed by atoms with Crippen molar-refractivity contribution in [1.29, 1.82) is 0 Å². The van der Waals surface area contributed by atoms with Gasteiger partial charge in [-0.2, -0.15) is 17.0 Å². The number of nitrogens with zero attached hydrogens (tertiary/aromatic N) is 4. The quantitative estimate of drug-likeness (QED) is 0.835. The molecule has 1 aliphatic rings. The number of rotatable bonds is 3. The highest BCUT2D eigenvalue weighted by Gasteiger charge is 2.37. The number of aromatic nitrogens is 2. The highest BCUT2D eigenvalue weighted by molar-refractivity contribution is 7.86. The predicted octanol–water partition coefficient (Wildman–Crippen LogP) is 0.00210. The zero-order valence-electron chi connectivity index (χ0n) is 10.4. The first-order valence-corrected chi connectivity index (χ1v) is 7.10. The monoisotopic (exact) mass is 271 g/mol. The van der Waals surface area contributed by atoms with Gasteiger partial charge in [-0.25, -0.2) is 9.97 Å². The van der Waals surface area contributed by atoms with Crippen LogP contribution in [0.1, 0.15) is 24.6 Å². The smallest absolute Gasteiger partial charge is 0.282 e. The number of hydrogen-bond acceptors (Lipinski definition) is 5. The highest BCUT2D eigenvalue weighted by atomic mass is 32.2. The Balaban J connectivity index is 2.34. The number of nitrogen functional groups attached to an aromatic ring is 1. The van der Waals surface area contributed by atoms with Crippen LogP contribution in [0.25, 0.3) is 0 Å². The molecule has 100 valence electrons. The summed E-state index contributed by atoms with van der Waals surface area (Å²) in [5.74, 6) is 0.168. The first-order chi connectivity index (χ1) is 8.43. The molecule has 1 aromatic rings. The number of anilines is 1. The largest absolute Gasteiger partial charge is 0.368 e. The van der Waals surface area contributed by atoms with Crippen molar-refractivity contribution in [2.24, 2.45) is 0 Å². The molecule has 7 nitrogen and oxygen atoms in total. The second kappa shape index (κ2) is 4.79. The lowest BCUT2D eigenvalue weighted by atomic mass is 10.1. The molecule has 0 aliphatic carbocycles. The molecule has 1 aromatic heterocycles. The molecule has 2 N–H and O–H groups in total. The van der Waals surface area contributed by atoms with E-state index < -0.39 is 10.2 Å². The van der Waals surface area contributed by atoms with E-state index in [4.69, 9.17) is 5.73 Å². The number of nitrogens with two attached hydrogens (primary N) is 1. The van der Waals surface area contributed by atoms with E-state index in [0.717, 1.165) is 12.8 Å². The van der Waals surface area contributed by atoms with Crippen LogP contribution in [0.4, 0.5) is 5.95 Å². The van der Waals surface area contributed by atoms with Gasteiger partial charge in [0.2, 0.25) is 5.95 Å². The molecular formula is C10H17N5O2S. The van der Waals surface area contributed by atoms with Gasteiger partial charge in [-0.05, 0) is 18.9 Å². The SMILES string of the molecule is CN(C)S(=O)(=O)N1CCCC1c1ccnc(N)n1. The van der Waals surface area contributed by atoms with Gasteiger partial charge in [0, 0.05) is 26.8 Å². The maximum absolute atomic E-state index is 12.2. The molecule has 8 heteroatoms. The van der Waals surface area contributed by atoms with Crippen molar-refractivity contribution < 1.29 is 8.42 Å². The van der Waals surface area contributed by atoms with Gasteiger partial charge in [-0.1, -0.05) is 0 Å². The van der Waals surface area contributed by atoms with Gasteiger partial charge in [0.05, 0.1) is 11.7 Å². The average molecular weight is 271 g/mol. The third-order valence-electron chi connectivity index (χ3n) is 3.00. The van der Waals surface area contributed by atoms with E-state index in [-0.39, 0.29) is 12.0 Å². The van der Waals surface area contributed by atoms with Crippen LogP contribution in [-0.2, 0) is 10.2 Å². The van der Waals surface area contributed by atoms with Crippen LogP contribution < -0.4 is 5.73 Å². The summed E-state index contributed by atoms with van der Waals surface area (Å²) in [6, 6.07) is 1.47. The van der Waals surface area contributed by atoms with E-state index in [1.165, 1.54) is 22.7 Å². The fraction of sp³-hybridized carbons (Fsp3) is 0.600. The first-order valence-electron chi connectivity index (χ1n) is 5.70. The highest BCUT2D eigenvalue weighted by Crippen LogP contribution is 2.33. The Bertz CT molecular complexity index is 531. The molecule has 2 heterocycles. The van der Waals surface area contributed by atoms with Crippen LogP contribution in [-0.4, -0.2) is 47.6 Å². The third-order valence-corrected chi connectivity index (χ3v) is 4.95. The topological polar surface area (TPSA) is 92.4 Å². The Morgan fingerprint density at radius 2 is 2.22 bits per heavy atom. The molecule has 1 fully saturated rings. The Hall–Kier alpha value is -1.25. The molecule has 2 rings (SSSR count). The van der Waals surface area contributed by atoms with Crippen molar-refractivity contribution >= 4 is 16.2 Å². The fourth-order valence-electron chi connectivity index (χ4n) is 2.10. The average Bonchev–Trinajstić information content (AvgIpc) is 2.78. The van der Waals surface area contributed by atoms with Crippen LogP contribution in [0.3, 0.4) is 0 Å². The lowest BCUT2D eigenvalue weighted by Crippen LogP contribution is -2.39. The van der Waals surface area contributed by atoms with Gasteiger partial charge in [-0.15, -0.1) is 0 Å². The van der Waals surface area contributed by atoms with E-state index in [1.807, 2.05) is 0 Å². The van der Waals surface area contributed by atoms with Crippen molar-refractivity contribution in [3.63, 3.8) is 0 Å². The molecule has 0 radical (unpaired) electrons. The van der Waals surface area contributed by atoms with Gasteiger partial charge in [-0.3, -0.25) is 0 Å². The molecule has 18 heavy (non-hydrogen) atoms. The van der Waals surface area contributed by atoms with Gasteiger partial charge < -0.3 is 5.73 Å². The minimum Gasteiger partial charge on any atom is -0.368 e. The predicted molar refractivity (Wildman–Crippen MR) is 67.7 cm³/mol. The maximum atomic E-state index is 12.2. The molecule has 1 unspecified atom stereocenters. The Morgan fingerprint density at radius 1 is 1.50 bits per heavy atom. The summed E-state index contributed by atoms with van der Waals surface area (Å²) in [5.41, 5.74) is 6.20. The van der Waals surface area contributed by atoms with Crippen LogP contribution in [0, 0.1) is 0 Å². The third kappa shape index (κ3) is 2.31. The summed E-state index contributed by atoms with van der Waals surface area (Å²) in [7, 11) is -0.368. The summed E-state index contributed by atoms with van der Waals surface area (Å²) >= 11 is 0. The summed E-state index contributed by atoms with van der Waals surface area (Å²) in [6.07, 6.45) is 3.13. The summed E-state index contributed by atoms with van der Waals surface area (Å²) in [5, 5.41) is 0. The Labute approximate surface area is 107 Å². The van der Waals surface area contributed by atoms with Crippen molar-refractivity contribution in [3.8, 4) is 0 Å². The summed E-state index contributed by atoms with van der Waals surface area (Å²) in [4.78, 5) is 7.94. The minimum absolute atomic E-state index is 0.168. The van der Waals surface area contributed by atoms with Gasteiger partial charge in [0.15, 0.2) is 0 Å². The van der Waals surface area contributed by atoms with Crippen molar-refractivity contribution in [2.75, 3.05) is 26.4 Å². The Morgan fingerprint density at radius 3 is 2.83 bits per heavy atom. The molecule has 1 aliphatic heterocycles. The second-order valence-electron chi connectivity index (χ2n) is 4.40. The van der Waals surface area contributed by atoms with Crippen LogP contribution in [0.2, 0.25) is 0 Å². The summed E-state index contributed by atoms with van der Waals surface area (Å²) < 4.78 is 27.0. The molecule has 1 saturated heterocycles. The Kier molecular flexibility index (Phi) is 3.51. The first kappa shape index (κ1) is 13.2. The minimum atomic E-state index is -3.42. The molecular weight excluding hydrogens is 254 g/mol. The molecule has 0 amide bonds. The molecule has 0 saturated carbocycles. The fourth-order valence-corrected chi connectivity index (χ4v) is 3.41. The number of hydrogen-bond donors (Lipinski definition) is 1. The van der Waals surface area contributed by atoms with E-state index >= 15 is 0 Å². The van der Waals surface area contributed by atoms with E-state index in [0.29, 0.717) is 12.2 Å². The lowest BCUT2D eigenvalue weighted by molar-refractivity contribution is 0.358. The van der Waals surface area contributed by atoms with E-state index in [1.54, 1.807) is 12.3 Å². The van der Waals surface area contributed by atoms with Crippen molar-refractivity contribution in [1.82, 2.24) is 18.6 Å². The standard InChI is InChI=1S/C10H17N5O2S/c1-14(2)18(16,17)15-7-3-4-9(15)8-5-6-12-10(11)13-8/h5-6,9H,3-4,7H2,1-2H3,(H2,11,12,13). The molecule has 1 atom stereocenters. The normalized spacial score (nSPS) is 21.6. The van der Waals surface area contributed by atoms with Crippen LogP contribution in [0.5, 0.6) is 0 Å². The van der Waals surface area contributed by atoms with Crippen LogP contribution >= 0.6 is 0 Å². The van der Waals surface area contributed by atoms with Crippen molar-refractivity contribution in [2.45, 2.75) is 18.9 Å². The zero-order chi connectivity index (χ0) is 13.3. The van der Waals surface area contributed by atoms with Gasteiger partial charge in [0.1, 0.15) is 0 Å². The van der Waals surface area contributed by atoms with Gasteiger partial charge >= 0.3 is 0 Å². The zero-order valence-corrected chi connectivity index (χ0v) is 11.3. The molecule has 0 aromatic carbocycles. The van der Waals surface area contributed by atoms with Crippen LogP contribution in [0.15, 0.2) is 12.3 Å². The van der Waals surface area contributed by atoms with E-state index in [9.17, 15) is 8.42 Å². The molecule has 0 spiro atoms. The second-order valence-corrected chi connectivity index (χ2v) is 6.49. The van der Waals surface area contributed by atoms with Crippen molar-refractivity contribution in [3.05, 3.63) is 18.0 Å². The van der Waals surface area contributed by atoms with E-state index in [2.05, 4.69) is 9.97 Å². The molecule has 0 bridgehead atoms. The lowest BCUT2D eigenvalue weighted by Gasteiger charge is -2.26. The maximum Gasteiger partial charge on any atom is 0.282 e.